The second kappa shape index (κ2) is 3.80. The molecule has 0 N–H and O–H groups in total. The third-order valence-corrected chi connectivity index (χ3v) is 2.99. The van der Waals surface area contributed by atoms with Crippen LogP contribution < -0.4 is 0 Å². The second-order valence-electron chi connectivity index (χ2n) is 3.23. The largest absolute Gasteiger partial charge is 0.298 e. The summed E-state index contributed by atoms with van der Waals surface area (Å²) in [5.41, 5.74) is 2.00. The molecular formula is C11H7Cl2NO. The molecule has 4 heteroatoms. The molecule has 0 radical (unpaired) electrons. The molecule has 0 amide bonds. The number of halogens is 2. The number of hydrogen-bond donors (Lipinski definition) is 0. The van der Waals surface area contributed by atoms with Crippen molar-refractivity contribution in [2.24, 2.45) is 0 Å². The van der Waals surface area contributed by atoms with Gasteiger partial charge in [0.15, 0.2) is 6.29 Å². The average Bonchev–Trinajstić information content (AvgIpc) is 2.24. The molecule has 0 spiro atoms. The Bertz CT molecular complexity index is 552. The van der Waals surface area contributed by atoms with Gasteiger partial charge in [-0.05, 0) is 24.6 Å². The molecule has 1 heterocycles. The van der Waals surface area contributed by atoms with Gasteiger partial charge in [0.1, 0.15) is 5.15 Å². The van der Waals surface area contributed by atoms with Crippen molar-refractivity contribution >= 4 is 40.4 Å². The summed E-state index contributed by atoms with van der Waals surface area (Å²) in [5.74, 6) is 0. The predicted molar refractivity (Wildman–Crippen MR) is 61.9 cm³/mol. The van der Waals surface area contributed by atoms with Crippen molar-refractivity contribution < 1.29 is 4.79 Å². The summed E-state index contributed by atoms with van der Waals surface area (Å²) in [6.45, 7) is 1.87. The van der Waals surface area contributed by atoms with Crippen molar-refractivity contribution in [1.82, 2.24) is 4.98 Å². The first-order chi connectivity index (χ1) is 7.13. The monoisotopic (exact) mass is 239 g/mol. The van der Waals surface area contributed by atoms with Crippen molar-refractivity contribution in [3.8, 4) is 0 Å². The van der Waals surface area contributed by atoms with Crippen LogP contribution in [0, 0.1) is 6.92 Å². The summed E-state index contributed by atoms with van der Waals surface area (Å²) in [5, 5.41) is 1.72. The summed E-state index contributed by atoms with van der Waals surface area (Å²) in [6, 6.07) is 5.31. The number of hydrogen-bond acceptors (Lipinski definition) is 2. The van der Waals surface area contributed by atoms with Crippen molar-refractivity contribution in [3.63, 3.8) is 0 Å². The van der Waals surface area contributed by atoms with Crippen molar-refractivity contribution in [1.29, 1.82) is 0 Å². The Balaban J connectivity index is 2.87. The highest BCUT2D eigenvalue weighted by Gasteiger charge is 2.07. The number of pyridine rings is 1. The molecule has 0 bridgehead atoms. The van der Waals surface area contributed by atoms with E-state index in [-0.39, 0.29) is 5.15 Å². The Hall–Kier alpha value is -1.12. The fourth-order valence-corrected chi connectivity index (χ4v) is 1.77. The van der Waals surface area contributed by atoms with E-state index in [0.29, 0.717) is 16.9 Å². The average molecular weight is 240 g/mol. The van der Waals surface area contributed by atoms with E-state index in [1.807, 2.05) is 13.0 Å². The number of benzene rings is 1. The molecule has 0 saturated heterocycles. The Morgan fingerprint density at radius 3 is 2.73 bits per heavy atom. The summed E-state index contributed by atoms with van der Waals surface area (Å²) in [4.78, 5) is 14.8. The third kappa shape index (κ3) is 1.71. The number of carbonyl (C=O) groups is 1. The van der Waals surface area contributed by atoms with Gasteiger partial charge in [0.2, 0.25) is 0 Å². The Labute approximate surface area is 96.8 Å². The number of carbonyl (C=O) groups excluding carboxylic acids is 1. The molecule has 0 unspecified atom stereocenters. The van der Waals surface area contributed by atoms with E-state index >= 15 is 0 Å². The van der Waals surface area contributed by atoms with Crippen LogP contribution in [0.5, 0.6) is 0 Å². The van der Waals surface area contributed by atoms with Crippen LogP contribution in [0.15, 0.2) is 18.2 Å². The van der Waals surface area contributed by atoms with E-state index in [9.17, 15) is 4.79 Å². The fraction of sp³-hybridized carbons (Fsp3) is 0.0909. The van der Waals surface area contributed by atoms with Crippen LogP contribution in [-0.2, 0) is 0 Å². The standard InChI is InChI=1S/C11H7Cl2NO/c1-6-9(12)3-2-7-4-8(5-15)11(13)14-10(6)7/h2-5H,1H3. The molecule has 0 fully saturated rings. The molecule has 0 aliphatic heterocycles. The molecule has 15 heavy (non-hydrogen) atoms. The first kappa shape index (κ1) is 10.4. The van der Waals surface area contributed by atoms with Crippen molar-refractivity contribution in [2.75, 3.05) is 0 Å². The zero-order valence-electron chi connectivity index (χ0n) is 7.92. The summed E-state index contributed by atoms with van der Waals surface area (Å²) in [7, 11) is 0. The molecule has 0 aliphatic rings. The molecule has 0 atom stereocenters. The molecule has 0 saturated carbocycles. The first-order valence-electron chi connectivity index (χ1n) is 4.34. The highest BCUT2D eigenvalue weighted by atomic mass is 35.5. The van der Waals surface area contributed by atoms with Gasteiger partial charge in [-0.3, -0.25) is 4.79 Å². The van der Waals surface area contributed by atoms with Crippen LogP contribution >= 0.6 is 23.2 Å². The topological polar surface area (TPSA) is 30.0 Å². The number of aryl methyl sites for hydroxylation is 1. The summed E-state index contributed by atoms with van der Waals surface area (Å²) in [6.07, 6.45) is 0.693. The van der Waals surface area contributed by atoms with E-state index in [2.05, 4.69) is 4.98 Å². The highest BCUT2D eigenvalue weighted by molar-refractivity contribution is 6.33. The van der Waals surface area contributed by atoms with Crippen LogP contribution in [-0.4, -0.2) is 11.3 Å². The minimum atomic E-state index is 0.211. The number of aromatic nitrogens is 1. The number of fused-ring (bicyclic) bond motifs is 1. The lowest BCUT2D eigenvalue weighted by Gasteiger charge is -2.05. The Kier molecular flexibility index (Phi) is 2.63. The van der Waals surface area contributed by atoms with Crippen LogP contribution in [0.25, 0.3) is 10.9 Å². The number of aldehydes is 1. The fourth-order valence-electron chi connectivity index (χ4n) is 1.43. The van der Waals surface area contributed by atoms with Gasteiger partial charge in [-0.25, -0.2) is 4.98 Å². The van der Waals surface area contributed by atoms with Gasteiger partial charge in [-0.1, -0.05) is 29.3 Å². The van der Waals surface area contributed by atoms with E-state index in [1.54, 1.807) is 12.1 Å². The third-order valence-electron chi connectivity index (χ3n) is 2.28. The molecule has 0 aliphatic carbocycles. The lowest BCUT2D eigenvalue weighted by molar-refractivity contribution is 0.112. The predicted octanol–water partition coefficient (Wildman–Crippen LogP) is 3.66. The van der Waals surface area contributed by atoms with Gasteiger partial charge in [0.05, 0.1) is 11.1 Å². The van der Waals surface area contributed by atoms with Gasteiger partial charge < -0.3 is 0 Å². The maximum absolute atomic E-state index is 10.7. The maximum atomic E-state index is 10.7. The van der Waals surface area contributed by atoms with E-state index in [0.717, 1.165) is 16.5 Å². The molecular weight excluding hydrogens is 233 g/mol. The first-order valence-corrected chi connectivity index (χ1v) is 5.09. The molecule has 1 aromatic heterocycles. The van der Waals surface area contributed by atoms with Crippen LogP contribution in [0.3, 0.4) is 0 Å². The van der Waals surface area contributed by atoms with Crippen LogP contribution in [0.4, 0.5) is 0 Å². The van der Waals surface area contributed by atoms with Gasteiger partial charge in [-0.15, -0.1) is 0 Å². The van der Waals surface area contributed by atoms with Gasteiger partial charge in [0.25, 0.3) is 0 Å². The molecule has 76 valence electrons. The molecule has 2 aromatic rings. The van der Waals surface area contributed by atoms with E-state index < -0.39 is 0 Å². The Morgan fingerprint density at radius 1 is 1.33 bits per heavy atom. The molecule has 2 nitrogen and oxygen atoms in total. The lowest BCUT2D eigenvalue weighted by Crippen LogP contribution is -1.90. The smallest absolute Gasteiger partial charge is 0.153 e. The van der Waals surface area contributed by atoms with Crippen molar-refractivity contribution in [3.05, 3.63) is 39.5 Å². The molecule has 2 rings (SSSR count). The minimum absolute atomic E-state index is 0.211. The second-order valence-corrected chi connectivity index (χ2v) is 4.00. The van der Waals surface area contributed by atoms with Gasteiger partial charge in [-0.2, -0.15) is 0 Å². The number of nitrogens with zero attached hydrogens (tertiary/aromatic N) is 1. The zero-order valence-corrected chi connectivity index (χ0v) is 9.43. The van der Waals surface area contributed by atoms with Gasteiger partial charge >= 0.3 is 0 Å². The summed E-state index contributed by atoms with van der Waals surface area (Å²) >= 11 is 11.8. The SMILES string of the molecule is Cc1c(Cl)ccc2cc(C=O)c(Cl)nc12. The maximum Gasteiger partial charge on any atom is 0.153 e. The summed E-state index contributed by atoms with van der Waals surface area (Å²) < 4.78 is 0. The quantitative estimate of drug-likeness (QED) is 0.562. The van der Waals surface area contributed by atoms with Crippen LogP contribution in [0.1, 0.15) is 15.9 Å². The van der Waals surface area contributed by atoms with E-state index in [4.69, 9.17) is 23.2 Å². The Morgan fingerprint density at radius 2 is 2.07 bits per heavy atom. The number of rotatable bonds is 1. The van der Waals surface area contributed by atoms with Crippen molar-refractivity contribution in [2.45, 2.75) is 6.92 Å². The normalized spacial score (nSPS) is 10.6. The zero-order chi connectivity index (χ0) is 11.0. The van der Waals surface area contributed by atoms with Crippen LogP contribution in [0.2, 0.25) is 10.2 Å². The lowest BCUT2D eigenvalue weighted by atomic mass is 10.1. The van der Waals surface area contributed by atoms with E-state index in [1.165, 1.54) is 0 Å². The minimum Gasteiger partial charge on any atom is -0.298 e. The van der Waals surface area contributed by atoms with Gasteiger partial charge in [0, 0.05) is 10.4 Å². The molecule has 1 aromatic carbocycles. The highest BCUT2D eigenvalue weighted by Crippen LogP contribution is 2.26.